The van der Waals surface area contributed by atoms with Crippen LogP contribution in [0, 0.1) is 0 Å². The van der Waals surface area contributed by atoms with Crippen LogP contribution in [0.25, 0.3) is 11.4 Å². The van der Waals surface area contributed by atoms with E-state index in [1.165, 1.54) is 11.8 Å². The molecule has 0 spiro atoms. The number of rotatable bonds is 6. The van der Waals surface area contributed by atoms with E-state index in [9.17, 15) is 4.79 Å². The largest absolute Gasteiger partial charge is 0.280 e. The molecule has 0 saturated carbocycles. The van der Waals surface area contributed by atoms with Crippen molar-refractivity contribution >= 4 is 40.6 Å². The van der Waals surface area contributed by atoms with Crippen LogP contribution in [0.1, 0.15) is 0 Å². The van der Waals surface area contributed by atoms with Crippen molar-refractivity contribution in [2.24, 2.45) is 0 Å². The fourth-order valence-corrected chi connectivity index (χ4v) is 3.74. The van der Waals surface area contributed by atoms with Gasteiger partial charge in [-0.05, 0) is 36.4 Å². The minimum Gasteiger partial charge on any atom is -0.280 e. The van der Waals surface area contributed by atoms with Gasteiger partial charge in [-0.2, -0.15) is 0 Å². The Morgan fingerprint density at radius 3 is 2.10 bits per heavy atom. The van der Waals surface area contributed by atoms with Crippen molar-refractivity contribution in [3.63, 3.8) is 0 Å². The van der Waals surface area contributed by atoms with Crippen LogP contribution in [0.5, 0.6) is 0 Å². The van der Waals surface area contributed by atoms with Crippen LogP contribution < -0.4 is 4.90 Å². The lowest BCUT2D eigenvalue weighted by Gasteiger charge is -2.22. The summed E-state index contributed by atoms with van der Waals surface area (Å²) in [5.41, 5.74) is 2.40. The first-order chi connectivity index (χ1) is 14.2. The van der Waals surface area contributed by atoms with Crippen LogP contribution in [0.2, 0.25) is 5.02 Å². The summed E-state index contributed by atoms with van der Waals surface area (Å²) in [5.74, 6) is 0.717. The van der Waals surface area contributed by atoms with Crippen molar-refractivity contribution in [1.82, 2.24) is 15.2 Å². The third-order valence-corrected chi connectivity index (χ3v) is 5.36. The number of hydrogen-bond acceptors (Lipinski definition) is 4. The lowest BCUT2D eigenvalue weighted by Crippen LogP contribution is -2.27. The molecule has 1 aromatic heterocycles. The SMILES string of the molecule is O=C(CSc1n[nH]c(-c2ccccc2Cl)n1)N(c1ccccc1)c1ccccc1. The molecule has 1 heterocycles. The number of aromatic nitrogens is 3. The smallest absolute Gasteiger partial charge is 0.242 e. The molecule has 0 unspecified atom stereocenters. The van der Waals surface area contributed by atoms with E-state index >= 15 is 0 Å². The molecule has 0 aliphatic heterocycles. The number of nitrogens with zero attached hydrogens (tertiary/aromatic N) is 3. The number of aromatic amines is 1. The molecule has 1 N–H and O–H groups in total. The first-order valence-electron chi connectivity index (χ1n) is 8.95. The maximum absolute atomic E-state index is 13.1. The molecule has 0 aliphatic rings. The minimum absolute atomic E-state index is 0.0588. The maximum Gasteiger partial charge on any atom is 0.242 e. The van der Waals surface area contributed by atoms with Gasteiger partial charge in [-0.3, -0.25) is 14.8 Å². The highest BCUT2D eigenvalue weighted by Gasteiger charge is 2.19. The number of H-pyrrole nitrogens is 1. The Bertz CT molecular complexity index is 1060. The lowest BCUT2D eigenvalue weighted by molar-refractivity contribution is -0.115. The molecule has 7 heteroatoms. The van der Waals surface area contributed by atoms with Crippen molar-refractivity contribution in [2.45, 2.75) is 5.16 Å². The highest BCUT2D eigenvalue weighted by Crippen LogP contribution is 2.28. The summed E-state index contributed by atoms with van der Waals surface area (Å²) in [6.07, 6.45) is 0. The zero-order valence-electron chi connectivity index (χ0n) is 15.3. The van der Waals surface area contributed by atoms with Crippen LogP contribution in [0.3, 0.4) is 0 Å². The Morgan fingerprint density at radius 2 is 1.48 bits per heavy atom. The average Bonchev–Trinajstić information content (AvgIpc) is 3.23. The van der Waals surface area contributed by atoms with E-state index in [1.807, 2.05) is 78.9 Å². The molecule has 4 rings (SSSR count). The molecule has 4 aromatic rings. The van der Waals surface area contributed by atoms with Crippen molar-refractivity contribution in [2.75, 3.05) is 10.7 Å². The number of nitrogens with one attached hydrogen (secondary N) is 1. The fraction of sp³-hybridized carbons (Fsp3) is 0.0455. The number of carbonyl (C=O) groups excluding carboxylic acids is 1. The highest BCUT2D eigenvalue weighted by atomic mass is 35.5. The van der Waals surface area contributed by atoms with E-state index in [2.05, 4.69) is 15.2 Å². The van der Waals surface area contributed by atoms with E-state index in [0.717, 1.165) is 16.9 Å². The van der Waals surface area contributed by atoms with Gasteiger partial charge in [-0.1, -0.05) is 71.9 Å². The lowest BCUT2D eigenvalue weighted by atomic mass is 10.2. The Balaban J connectivity index is 1.51. The molecular weight excluding hydrogens is 404 g/mol. The quantitative estimate of drug-likeness (QED) is 0.413. The van der Waals surface area contributed by atoms with Gasteiger partial charge in [0.1, 0.15) is 0 Å². The number of thioether (sulfide) groups is 1. The Kier molecular flexibility index (Phi) is 5.93. The molecule has 0 fully saturated rings. The number of carbonyl (C=O) groups is 1. The average molecular weight is 421 g/mol. The van der Waals surface area contributed by atoms with Crippen LogP contribution in [0.15, 0.2) is 90.1 Å². The Labute approximate surface area is 177 Å². The zero-order chi connectivity index (χ0) is 20.1. The number of para-hydroxylation sites is 2. The molecule has 0 saturated heterocycles. The fourth-order valence-electron chi connectivity index (χ4n) is 2.87. The molecule has 0 bridgehead atoms. The normalized spacial score (nSPS) is 10.7. The molecule has 29 heavy (non-hydrogen) atoms. The number of anilines is 2. The van der Waals surface area contributed by atoms with Gasteiger partial charge in [0, 0.05) is 16.9 Å². The Morgan fingerprint density at radius 1 is 0.897 bits per heavy atom. The second-order valence-electron chi connectivity index (χ2n) is 6.14. The third kappa shape index (κ3) is 4.50. The molecule has 0 radical (unpaired) electrons. The summed E-state index contributed by atoms with van der Waals surface area (Å²) in [6.45, 7) is 0. The second kappa shape index (κ2) is 8.94. The molecular formula is C22H17ClN4OS. The van der Waals surface area contributed by atoms with Crippen LogP contribution in [0.4, 0.5) is 11.4 Å². The monoisotopic (exact) mass is 420 g/mol. The summed E-state index contributed by atoms with van der Waals surface area (Å²) in [7, 11) is 0. The standard InChI is InChI=1S/C22H17ClN4OS/c23-19-14-8-7-13-18(19)21-24-22(26-25-21)29-15-20(28)27(16-9-3-1-4-10-16)17-11-5-2-6-12-17/h1-14H,15H2,(H,24,25,26). The van der Waals surface area contributed by atoms with E-state index in [0.29, 0.717) is 16.0 Å². The van der Waals surface area contributed by atoms with Crippen molar-refractivity contribution in [3.05, 3.63) is 90.0 Å². The summed E-state index contributed by atoms with van der Waals surface area (Å²) < 4.78 is 0. The van der Waals surface area contributed by atoms with E-state index in [1.54, 1.807) is 11.0 Å². The van der Waals surface area contributed by atoms with Gasteiger partial charge in [-0.25, -0.2) is 4.98 Å². The molecule has 3 aromatic carbocycles. The first kappa shape index (κ1) is 19.2. The van der Waals surface area contributed by atoms with Gasteiger partial charge in [0.05, 0.1) is 10.8 Å². The first-order valence-corrected chi connectivity index (χ1v) is 10.3. The van der Waals surface area contributed by atoms with Gasteiger partial charge in [-0.15, -0.1) is 5.10 Å². The summed E-state index contributed by atoms with van der Waals surface area (Å²) >= 11 is 7.50. The predicted molar refractivity (Wildman–Crippen MR) is 118 cm³/mol. The summed E-state index contributed by atoms with van der Waals surface area (Å²) in [4.78, 5) is 19.2. The van der Waals surface area contributed by atoms with E-state index in [-0.39, 0.29) is 11.7 Å². The molecule has 5 nitrogen and oxygen atoms in total. The van der Waals surface area contributed by atoms with Crippen molar-refractivity contribution < 1.29 is 4.79 Å². The molecule has 1 amide bonds. The van der Waals surface area contributed by atoms with Crippen molar-refractivity contribution in [3.8, 4) is 11.4 Å². The maximum atomic E-state index is 13.1. The molecule has 0 atom stereocenters. The van der Waals surface area contributed by atoms with Crippen LogP contribution >= 0.6 is 23.4 Å². The molecule has 0 aliphatic carbocycles. The topological polar surface area (TPSA) is 61.9 Å². The predicted octanol–water partition coefficient (Wildman–Crippen LogP) is 5.58. The summed E-state index contributed by atoms with van der Waals surface area (Å²) in [6, 6.07) is 26.6. The minimum atomic E-state index is -0.0588. The van der Waals surface area contributed by atoms with Gasteiger partial charge in [0.25, 0.3) is 0 Å². The molecule has 144 valence electrons. The van der Waals surface area contributed by atoms with Crippen LogP contribution in [-0.4, -0.2) is 26.8 Å². The van der Waals surface area contributed by atoms with Crippen LogP contribution in [-0.2, 0) is 4.79 Å². The van der Waals surface area contributed by atoms with Gasteiger partial charge in [0.2, 0.25) is 11.1 Å². The number of benzene rings is 3. The number of hydrogen-bond donors (Lipinski definition) is 1. The highest BCUT2D eigenvalue weighted by molar-refractivity contribution is 7.99. The zero-order valence-corrected chi connectivity index (χ0v) is 16.9. The second-order valence-corrected chi connectivity index (χ2v) is 7.49. The van der Waals surface area contributed by atoms with E-state index in [4.69, 9.17) is 11.6 Å². The summed E-state index contributed by atoms with van der Waals surface area (Å²) in [5, 5.41) is 8.18. The number of amides is 1. The van der Waals surface area contributed by atoms with Gasteiger partial charge >= 0.3 is 0 Å². The Hall–Kier alpha value is -3.09. The number of halogens is 1. The van der Waals surface area contributed by atoms with Gasteiger partial charge in [0.15, 0.2) is 5.82 Å². The van der Waals surface area contributed by atoms with E-state index < -0.39 is 0 Å². The van der Waals surface area contributed by atoms with Gasteiger partial charge < -0.3 is 0 Å². The van der Waals surface area contributed by atoms with Crippen molar-refractivity contribution in [1.29, 1.82) is 0 Å². The third-order valence-electron chi connectivity index (χ3n) is 4.20.